The third kappa shape index (κ3) is 15.4. The Labute approximate surface area is 312 Å². The smallest absolute Gasteiger partial charge is 0.230 e. The van der Waals surface area contributed by atoms with Gasteiger partial charge in [0.05, 0.1) is 23.3 Å². The molecule has 0 aliphatic carbocycles. The van der Waals surface area contributed by atoms with Crippen LogP contribution in [-0.2, 0) is 9.59 Å². The minimum absolute atomic E-state index is 0.381. The van der Waals surface area contributed by atoms with Crippen LogP contribution in [0.25, 0.3) is 0 Å². The molecule has 2 aromatic rings. The number of hydrogen-bond acceptors (Lipinski definition) is 4. The standard InChI is InChI=1S/C45H74N2O4/c1-7-11-15-23-31-44(50,32-24-16-12-8-2)42(38-29-21-19-27-36(38)5)46-40(48)35-41(49)47-43(39-30-22-20-28-37(39)6)45(51,33-25-17-13-9-3)34-26-18-14-10-4/h19-22,27-30,42-43,50-51H,7-18,23-26,31-35H2,1-6H3,(H,46,48)(H,47,49)/t42-,43-/m1/s1. The number of aryl methyl sites for hydroxylation is 2. The lowest BCUT2D eigenvalue weighted by Crippen LogP contribution is -2.49. The van der Waals surface area contributed by atoms with Crippen molar-refractivity contribution in [2.24, 2.45) is 0 Å². The average molecular weight is 707 g/mol. The Bertz CT molecular complexity index is 1140. The van der Waals surface area contributed by atoms with E-state index in [1.54, 1.807) is 0 Å². The van der Waals surface area contributed by atoms with E-state index in [0.717, 1.165) is 125 Å². The van der Waals surface area contributed by atoms with E-state index < -0.39 is 35.1 Å². The van der Waals surface area contributed by atoms with Crippen molar-refractivity contribution in [3.8, 4) is 0 Å². The van der Waals surface area contributed by atoms with Crippen LogP contribution in [0.1, 0.15) is 197 Å². The summed E-state index contributed by atoms with van der Waals surface area (Å²) in [5.74, 6) is -0.835. The number of unbranched alkanes of at least 4 members (excludes halogenated alkanes) is 12. The third-order valence-corrected chi connectivity index (χ3v) is 10.9. The SMILES string of the molecule is CCCCCCC(O)(CCCCCC)[C@H](NC(=O)CC(=O)N[C@H](c1ccccc1C)C(O)(CCCCCC)CCCCCC)c1ccccc1C. The fourth-order valence-corrected chi connectivity index (χ4v) is 7.65. The van der Waals surface area contributed by atoms with Crippen LogP contribution in [0.4, 0.5) is 0 Å². The molecule has 6 nitrogen and oxygen atoms in total. The number of aliphatic hydroxyl groups is 2. The maximum absolute atomic E-state index is 13.9. The van der Waals surface area contributed by atoms with Gasteiger partial charge in [0.15, 0.2) is 0 Å². The second kappa shape index (κ2) is 24.5. The first kappa shape index (κ1) is 44.5. The van der Waals surface area contributed by atoms with Crippen molar-refractivity contribution in [1.82, 2.24) is 10.6 Å². The monoisotopic (exact) mass is 707 g/mol. The molecule has 51 heavy (non-hydrogen) atoms. The van der Waals surface area contributed by atoms with E-state index in [-0.39, 0.29) is 6.42 Å². The maximum Gasteiger partial charge on any atom is 0.230 e. The van der Waals surface area contributed by atoms with Gasteiger partial charge in [-0.25, -0.2) is 0 Å². The lowest BCUT2D eigenvalue weighted by atomic mass is 9.78. The van der Waals surface area contributed by atoms with Gasteiger partial charge in [-0.2, -0.15) is 0 Å². The number of amides is 2. The van der Waals surface area contributed by atoms with Crippen LogP contribution in [0.3, 0.4) is 0 Å². The van der Waals surface area contributed by atoms with E-state index in [0.29, 0.717) is 25.7 Å². The third-order valence-electron chi connectivity index (χ3n) is 10.9. The van der Waals surface area contributed by atoms with Crippen molar-refractivity contribution in [2.75, 3.05) is 0 Å². The van der Waals surface area contributed by atoms with Crippen LogP contribution >= 0.6 is 0 Å². The fraction of sp³-hybridized carbons (Fsp3) is 0.689. The van der Waals surface area contributed by atoms with Gasteiger partial charge in [0, 0.05) is 0 Å². The van der Waals surface area contributed by atoms with Crippen molar-refractivity contribution < 1.29 is 19.8 Å². The molecule has 2 amide bonds. The summed E-state index contributed by atoms with van der Waals surface area (Å²) in [5, 5.41) is 31.3. The number of carbonyl (C=O) groups is 2. The number of hydrogen-bond donors (Lipinski definition) is 4. The van der Waals surface area contributed by atoms with E-state index in [1.165, 1.54) is 0 Å². The molecule has 6 heteroatoms. The van der Waals surface area contributed by atoms with Crippen LogP contribution in [-0.4, -0.2) is 33.2 Å². The molecule has 2 atom stereocenters. The summed E-state index contributed by atoms with van der Waals surface area (Å²) in [5.41, 5.74) is 1.52. The van der Waals surface area contributed by atoms with Crippen molar-refractivity contribution >= 4 is 11.8 Å². The first-order chi connectivity index (χ1) is 24.5. The van der Waals surface area contributed by atoms with Gasteiger partial charge in [-0.3, -0.25) is 9.59 Å². The molecule has 4 N–H and O–H groups in total. The number of benzene rings is 2. The molecule has 288 valence electrons. The molecular weight excluding hydrogens is 633 g/mol. The van der Waals surface area contributed by atoms with Gasteiger partial charge in [0.25, 0.3) is 0 Å². The van der Waals surface area contributed by atoms with E-state index in [9.17, 15) is 19.8 Å². The molecule has 0 aromatic heterocycles. The molecule has 0 fully saturated rings. The van der Waals surface area contributed by atoms with Gasteiger partial charge in [-0.15, -0.1) is 0 Å². The molecular formula is C45H74N2O4. The van der Waals surface area contributed by atoms with Crippen molar-refractivity contribution in [3.05, 3.63) is 70.8 Å². The second-order valence-corrected chi connectivity index (χ2v) is 15.3. The Morgan fingerprint density at radius 2 is 0.804 bits per heavy atom. The predicted molar refractivity (Wildman–Crippen MR) is 214 cm³/mol. The van der Waals surface area contributed by atoms with Crippen LogP contribution < -0.4 is 10.6 Å². The molecule has 0 saturated carbocycles. The highest BCUT2D eigenvalue weighted by molar-refractivity contribution is 5.97. The molecule has 2 aromatic carbocycles. The van der Waals surface area contributed by atoms with Crippen LogP contribution in [0.15, 0.2) is 48.5 Å². The highest BCUT2D eigenvalue weighted by Crippen LogP contribution is 2.39. The first-order valence-corrected chi connectivity index (χ1v) is 20.7. The summed E-state index contributed by atoms with van der Waals surface area (Å²) in [4.78, 5) is 27.8. The highest BCUT2D eigenvalue weighted by Gasteiger charge is 2.41. The Morgan fingerprint density at radius 1 is 0.510 bits per heavy atom. The van der Waals surface area contributed by atoms with Gasteiger partial charge in [-0.05, 0) is 61.8 Å². The summed E-state index contributed by atoms with van der Waals surface area (Å²) in [6.45, 7) is 12.8. The normalized spacial score (nSPS) is 13.2. The van der Waals surface area contributed by atoms with Crippen molar-refractivity contribution in [2.45, 2.75) is 200 Å². The number of rotatable bonds is 28. The topological polar surface area (TPSA) is 98.7 Å². The number of carbonyl (C=O) groups excluding carboxylic acids is 2. The lowest BCUT2D eigenvalue weighted by molar-refractivity contribution is -0.133. The van der Waals surface area contributed by atoms with Crippen molar-refractivity contribution in [3.63, 3.8) is 0 Å². The van der Waals surface area contributed by atoms with Crippen LogP contribution in [0.5, 0.6) is 0 Å². The van der Waals surface area contributed by atoms with Gasteiger partial charge in [-0.1, -0.05) is 179 Å². The van der Waals surface area contributed by atoms with E-state index in [1.807, 2.05) is 62.4 Å². The largest absolute Gasteiger partial charge is 0.387 e. The summed E-state index contributed by atoms with van der Waals surface area (Å²) >= 11 is 0. The molecule has 0 bridgehead atoms. The number of nitrogens with one attached hydrogen (secondary N) is 2. The van der Waals surface area contributed by atoms with E-state index in [2.05, 4.69) is 38.3 Å². The Morgan fingerprint density at radius 3 is 1.08 bits per heavy atom. The Hall–Kier alpha value is -2.70. The summed E-state index contributed by atoms with van der Waals surface area (Å²) < 4.78 is 0. The molecule has 0 radical (unpaired) electrons. The summed E-state index contributed by atoms with van der Waals surface area (Å²) in [6, 6.07) is 14.6. The molecule has 0 saturated heterocycles. The van der Waals surface area contributed by atoms with Gasteiger partial charge in [0.1, 0.15) is 6.42 Å². The van der Waals surface area contributed by atoms with Crippen LogP contribution in [0, 0.1) is 13.8 Å². The zero-order valence-electron chi connectivity index (χ0n) is 33.3. The Balaban J connectivity index is 2.40. The molecule has 0 aliphatic rings. The molecule has 0 heterocycles. The molecule has 2 rings (SSSR count). The molecule has 0 aliphatic heterocycles. The summed E-state index contributed by atoms with van der Waals surface area (Å²) in [6.07, 6.45) is 18.5. The van der Waals surface area contributed by atoms with Gasteiger partial charge in [0.2, 0.25) is 11.8 Å². The van der Waals surface area contributed by atoms with E-state index >= 15 is 0 Å². The maximum atomic E-state index is 13.9. The molecule has 0 spiro atoms. The van der Waals surface area contributed by atoms with Crippen LogP contribution in [0.2, 0.25) is 0 Å². The zero-order chi connectivity index (χ0) is 37.5. The predicted octanol–water partition coefficient (Wildman–Crippen LogP) is 11.1. The summed E-state index contributed by atoms with van der Waals surface area (Å²) in [7, 11) is 0. The van der Waals surface area contributed by atoms with Gasteiger partial charge >= 0.3 is 0 Å². The van der Waals surface area contributed by atoms with Gasteiger partial charge < -0.3 is 20.8 Å². The Kier molecular flexibility index (Phi) is 21.4. The average Bonchev–Trinajstić information content (AvgIpc) is 3.11. The minimum Gasteiger partial charge on any atom is -0.387 e. The quantitative estimate of drug-likeness (QED) is 0.0523. The highest BCUT2D eigenvalue weighted by atomic mass is 16.3. The zero-order valence-corrected chi connectivity index (χ0v) is 33.3. The minimum atomic E-state index is -1.14. The lowest BCUT2D eigenvalue weighted by Gasteiger charge is -2.39. The first-order valence-electron chi connectivity index (χ1n) is 20.7. The fourth-order valence-electron chi connectivity index (χ4n) is 7.65. The second-order valence-electron chi connectivity index (χ2n) is 15.3. The molecule has 0 unspecified atom stereocenters. The van der Waals surface area contributed by atoms with E-state index in [4.69, 9.17) is 0 Å². The van der Waals surface area contributed by atoms with Crippen molar-refractivity contribution in [1.29, 1.82) is 0 Å².